The summed E-state index contributed by atoms with van der Waals surface area (Å²) >= 11 is 1.58. The van der Waals surface area contributed by atoms with Crippen LogP contribution in [0.15, 0.2) is 24.3 Å². The number of aryl methyl sites for hydroxylation is 1. The van der Waals surface area contributed by atoms with E-state index in [4.69, 9.17) is 4.74 Å². The number of fused-ring (bicyclic) bond motifs is 1. The van der Waals surface area contributed by atoms with Crippen LogP contribution in [-0.4, -0.2) is 26.8 Å². The van der Waals surface area contributed by atoms with Crippen molar-refractivity contribution in [2.75, 3.05) is 7.11 Å². The van der Waals surface area contributed by atoms with E-state index >= 15 is 0 Å². The lowest BCUT2D eigenvalue weighted by Gasteiger charge is -2.03. The van der Waals surface area contributed by atoms with Gasteiger partial charge in [0.05, 0.1) is 25.1 Å². The molecule has 21 heavy (non-hydrogen) atoms. The minimum atomic E-state index is -0.0855. The summed E-state index contributed by atoms with van der Waals surface area (Å²) in [5.41, 5.74) is 2.46. The van der Waals surface area contributed by atoms with Gasteiger partial charge in [0.25, 0.3) is 0 Å². The van der Waals surface area contributed by atoms with Crippen molar-refractivity contribution in [3.05, 3.63) is 35.0 Å². The Morgan fingerprint density at radius 1 is 1.29 bits per heavy atom. The number of imidazole rings is 1. The van der Waals surface area contributed by atoms with Gasteiger partial charge in [0.1, 0.15) is 10.8 Å². The summed E-state index contributed by atoms with van der Waals surface area (Å²) in [5, 5.41) is 15.3. The third-order valence-electron chi connectivity index (χ3n) is 3.32. The van der Waals surface area contributed by atoms with E-state index in [1.807, 2.05) is 24.3 Å². The largest absolute Gasteiger partial charge is 0.497 e. The number of rotatable bonds is 5. The predicted octanol–water partition coefficient (Wildman–Crippen LogP) is 2.91. The Morgan fingerprint density at radius 2 is 2.05 bits per heavy atom. The van der Waals surface area contributed by atoms with Crippen LogP contribution in [0.3, 0.4) is 0 Å². The standard InChI is InChI=1S/C15H17N3O2S/c1-3-4-13-17-18-12(9-19)14(16-15(18)21-13)10-5-7-11(20-2)8-6-10/h5-8,19H,3-4,9H2,1-2H3. The van der Waals surface area contributed by atoms with Crippen molar-refractivity contribution in [3.63, 3.8) is 0 Å². The molecule has 6 heteroatoms. The molecule has 0 saturated heterocycles. The van der Waals surface area contributed by atoms with Gasteiger partial charge in [-0.2, -0.15) is 5.10 Å². The molecule has 0 amide bonds. The fraction of sp³-hybridized carbons (Fsp3) is 0.333. The second-order valence-electron chi connectivity index (χ2n) is 4.73. The van der Waals surface area contributed by atoms with Gasteiger partial charge in [-0.1, -0.05) is 18.3 Å². The molecule has 0 saturated carbocycles. The van der Waals surface area contributed by atoms with Crippen LogP contribution in [0.1, 0.15) is 24.0 Å². The van der Waals surface area contributed by atoms with Crippen molar-refractivity contribution in [1.82, 2.24) is 14.6 Å². The molecule has 1 N–H and O–H groups in total. The van der Waals surface area contributed by atoms with Crippen molar-refractivity contribution in [1.29, 1.82) is 0 Å². The Labute approximate surface area is 126 Å². The SMILES string of the molecule is CCCc1nn2c(CO)c(-c3ccc(OC)cc3)nc2s1. The molecule has 2 aromatic heterocycles. The van der Waals surface area contributed by atoms with E-state index in [1.54, 1.807) is 23.0 Å². The maximum absolute atomic E-state index is 9.69. The van der Waals surface area contributed by atoms with Gasteiger partial charge in [0.2, 0.25) is 4.96 Å². The highest BCUT2D eigenvalue weighted by atomic mass is 32.1. The van der Waals surface area contributed by atoms with Gasteiger partial charge in [-0.05, 0) is 30.7 Å². The highest BCUT2D eigenvalue weighted by Gasteiger charge is 2.17. The zero-order valence-corrected chi connectivity index (χ0v) is 12.9. The highest BCUT2D eigenvalue weighted by molar-refractivity contribution is 7.16. The lowest BCUT2D eigenvalue weighted by molar-refractivity contribution is 0.275. The summed E-state index contributed by atoms with van der Waals surface area (Å²) in [6.07, 6.45) is 1.99. The lowest BCUT2D eigenvalue weighted by Crippen LogP contribution is -1.96. The Balaban J connectivity index is 2.06. The maximum Gasteiger partial charge on any atom is 0.213 e. The van der Waals surface area contributed by atoms with Gasteiger partial charge in [0, 0.05) is 12.0 Å². The van der Waals surface area contributed by atoms with Gasteiger partial charge in [0.15, 0.2) is 0 Å². The van der Waals surface area contributed by atoms with E-state index in [9.17, 15) is 5.11 Å². The van der Waals surface area contributed by atoms with Crippen molar-refractivity contribution in [2.45, 2.75) is 26.4 Å². The first-order valence-corrected chi connectivity index (χ1v) is 7.71. The van der Waals surface area contributed by atoms with E-state index in [0.29, 0.717) is 0 Å². The molecule has 0 unspecified atom stereocenters. The first-order valence-electron chi connectivity index (χ1n) is 6.89. The third kappa shape index (κ3) is 2.52. The molecule has 0 spiro atoms. The molecule has 0 radical (unpaired) electrons. The molecule has 2 heterocycles. The number of ether oxygens (including phenoxy) is 1. The molecule has 0 aliphatic carbocycles. The van der Waals surface area contributed by atoms with Crippen LogP contribution >= 0.6 is 11.3 Å². The second-order valence-corrected chi connectivity index (χ2v) is 5.77. The van der Waals surface area contributed by atoms with Gasteiger partial charge in [-0.3, -0.25) is 0 Å². The number of methoxy groups -OCH3 is 1. The molecule has 0 bridgehead atoms. The Hall–Kier alpha value is -1.92. The second kappa shape index (κ2) is 5.83. The van der Waals surface area contributed by atoms with Crippen LogP contribution in [0.5, 0.6) is 5.75 Å². The summed E-state index contributed by atoms with van der Waals surface area (Å²) in [5.74, 6) is 0.800. The molecular weight excluding hydrogens is 286 g/mol. The minimum absolute atomic E-state index is 0.0855. The van der Waals surface area contributed by atoms with Crippen LogP contribution in [0.2, 0.25) is 0 Å². The first-order chi connectivity index (χ1) is 10.3. The van der Waals surface area contributed by atoms with Crippen LogP contribution in [0.4, 0.5) is 0 Å². The summed E-state index contributed by atoms with van der Waals surface area (Å²) in [6.45, 7) is 2.04. The Bertz CT molecular complexity index is 746. The normalized spacial score (nSPS) is 11.2. The molecule has 0 fully saturated rings. The zero-order chi connectivity index (χ0) is 14.8. The van der Waals surface area contributed by atoms with Gasteiger partial charge in [-0.25, -0.2) is 9.50 Å². The molecule has 5 nitrogen and oxygen atoms in total. The number of nitrogens with zero attached hydrogens (tertiary/aromatic N) is 3. The lowest BCUT2D eigenvalue weighted by atomic mass is 10.1. The van der Waals surface area contributed by atoms with Crippen molar-refractivity contribution < 1.29 is 9.84 Å². The molecular formula is C15H17N3O2S. The molecule has 0 atom stereocenters. The molecule has 1 aromatic carbocycles. The van der Waals surface area contributed by atoms with Crippen LogP contribution in [-0.2, 0) is 13.0 Å². The van der Waals surface area contributed by atoms with E-state index in [2.05, 4.69) is 17.0 Å². The highest BCUT2D eigenvalue weighted by Crippen LogP contribution is 2.28. The quantitative estimate of drug-likeness (QED) is 0.787. The van der Waals surface area contributed by atoms with Gasteiger partial charge in [-0.15, -0.1) is 0 Å². The molecule has 0 aliphatic heterocycles. The minimum Gasteiger partial charge on any atom is -0.497 e. The summed E-state index contributed by atoms with van der Waals surface area (Å²) in [4.78, 5) is 5.46. The van der Waals surface area contributed by atoms with Crippen LogP contribution < -0.4 is 4.74 Å². The number of aromatic nitrogens is 3. The number of hydrogen-bond donors (Lipinski definition) is 1. The first kappa shape index (κ1) is 14.0. The number of aliphatic hydroxyl groups excluding tert-OH is 1. The summed E-state index contributed by atoms with van der Waals surface area (Å²) in [6, 6.07) is 7.66. The molecule has 3 aromatic rings. The zero-order valence-electron chi connectivity index (χ0n) is 12.0. The van der Waals surface area contributed by atoms with E-state index in [-0.39, 0.29) is 6.61 Å². The average Bonchev–Trinajstić information content (AvgIpc) is 3.04. The fourth-order valence-electron chi connectivity index (χ4n) is 2.27. The molecule has 0 aliphatic rings. The Kier molecular flexibility index (Phi) is 3.90. The average molecular weight is 303 g/mol. The van der Waals surface area contributed by atoms with Gasteiger partial charge < -0.3 is 9.84 Å². The number of benzene rings is 1. The van der Waals surface area contributed by atoms with Crippen molar-refractivity contribution >= 4 is 16.3 Å². The molecule has 110 valence electrons. The molecule has 3 rings (SSSR count). The van der Waals surface area contributed by atoms with Crippen LogP contribution in [0, 0.1) is 0 Å². The number of hydrogen-bond acceptors (Lipinski definition) is 5. The third-order valence-corrected chi connectivity index (χ3v) is 4.28. The summed E-state index contributed by atoms with van der Waals surface area (Å²) < 4.78 is 6.92. The van der Waals surface area contributed by atoms with E-state index in [1.165, 1.54) is 0 Å². The predicted molar refractivity (Wildman–Crippen MR) is 82.8 cm³/mol. The summed E-state index contributed by atoms with van der Waals surface area (Å²) in [7, 11) is 1.64. The topological polar surface area (TPSA) is 59.7 Å². The van der Waals surface area contributed by atoms with Crippen LogP contribution in [0.25, 0.3) is 16.2 Å². The van der Waals surface area contributed by atoms with Crippen molar-refractivity contribution in [3.8, 4) is 17.0 Å². The fourth-order valence-corrected chi connectivity index (χ4v) is 3.28. The van der Waals surface area contributed by atoms with Crippen molar-refractivity contribution in [2.24, 2.45) is 0 Å². The van der Waals surface area contributed by atoms with Gasteiger partial charge >= 0.3 is 0 Å². The van der Waals surface area contributed by atoms with E-state index < -0.39 is 0 Å². The maximum atomic E-state index is 9.69. The Morgan fingerprint density at radius 3 is 2.67 bits per heavy atom. The van der Waals surface area contributed by atoms with E-state index in [0.717, 1.165) is 45.5 Å². The number of aliphatic hydroxyl groups is 1. The smallest absolute Gasteiger partial charge is 0.213 e. The monoisotopic (exact) mass is 303 g/mol.